The summed E-state index contributed by atoms with van der Waals surface area (Å²) in [6.45, 7) is 8.96. The van der Waals surface area contributed by atoms with Gasteiger partial charge < -0.3 is 9.84 Å². The number of nitrogens with one attached hydrogen (secondary N) is 1. The molecule has 1 atom stereocenters. The number of rotatable bonds is 6. The highest BCUT2D eigenvalue weighted by molar-refractivity contribution is 7.09. The number of hydrogen-bond acceptors (Lipinski definition) is 6. The zero-order valence-electron chi connectivity index (χ0n) is 11.8. The molecule has 104 valence electrons. The minimum absolute atomic E-state index is 0.200. The van der Waals surface area contributed by atoms with Crippen molar-refractivity contribution < 1.29 is 4.52 Å². The van der Waals surface area contributed by atoms with Crippen molar-refractivity contribution in [3.63, 3.8) is 0 Å². The van der Waals surface area contributed by atoms with Crippen LogP contribution in [0.25, 0.3) is 0 Å². The van der Waals surface area contributed by atoms with E-state index in [0.29, 0.717) is 24.2 Å². The van der Waals surface area contributed by atoms with Gasteiger partial charge in [0.25, 0.3) is 0 Å². The largest absolute Gasteiger partial charge is 0.339 e. The van der Waals surface area contributed by atoms with Crippen molar-refractivity contribution in [3.8, 4) is 0 Å². The second kappa shape index (κ2) is 6.25. The first kappa shape index (κ1) is 14.1. The van der Waals surface area contributed by atoms with Gasteiger partial charge in [-0.05, 0) is 19.8 Å². The number of hydrogen-bond donors (Lipinski definition) is 1. The van der Waals surface area contributed by atoms with Crippen LogP contribution >= 0.6 is 11.3 Å². The Balaban J connectivity index is 1.86. The average molecular weight is 280 g/mol. The van der Waals surface area contributed by atoms with E-state index in [1.54, 1.807) is 11.3 Å². The summed E-state index contributed by atoms with van der Waals surface area (Å²) in [5.41, 5.74) is 1.06. The van der Waals surface area contributed by atoms with Crippen LogP contribution in [0, 0.1) is 12.8 Å². The highest BCUT2D eigenvalue weighted by Crippen LogP contribution is 2.17. The third-order valence-corrected chi connectivity index (χ3v) is 3.81. The zero-order valence-corrected chi connectivity index (χ0v) is 12.6. The second-order valence-corrected chi connectivity index (χ2v) is 6.02. The molecular weight excluding hydrogens is 260 g/mol. The lowest BCUT2D eigenvalue weighted by Crippen LogP contribution is -2.18. The lowest BCUT2D eigenvalue weighted by Gasteiger charge is -2.08. The normalized spacial score (nSPS) is 13.1. The number of nitrogens with zero attached hydrogens (tertiary/aromatic N) is 3. The molecule has 0 spiro atoms. The van der Waals surface area contributed by atoms with Crippen molar-refractivity contribution in [1.82, 2.24) is 20.4 Å². The molecule has 0 radical (unpaired) electrons. The Bertz CT molecular complexity index is 520. The zero-order chi connectivity index (χ0) is 13.8. The van der Waals surface area contributed by atoms with Crippen LogP contribution in [0.3, 0.4) is 0 Å². The van der Waals surface area contributed by atoms with Gasteiger partial charge in [0.1, 0.15) is 5.01 Å². The van der Waals surface area contributed by atoms with Gasteiger partial charge in [-0.15, -0.1) is 11.3 Å². The first-order chi connectivity index (χ1) is 9.04. The van der Waals surface area contributed by atoms with Crippen LogP contribution < -0.4 is 5.32 Å². The van der Waals surface area contributed by atoms with Crippen LogP contribution in [-0.4, -0.2) is 15.1 Å². The van der Waals surface area contributed by atoms with Gasteiger partial charge in [-0.1, -0.05) is 19.0 Å². The summed E-state index contributed by atoms with van der Waals surface area (Å²) in [7, 11) is 0. The van der Waals surface area contributed by atoms with Crippen LogP contribution in [0.2, 0.25) is 0 Å². The van der Waals surface area contributed by atoms with Crippen molar-refractivity contribution in [3.05, 3.63) is 27.8 Å². The highest BCUT2D eigenvalue weighted by atomic mass is 32.1. The first-order valence-corrected chi connectivity index (χ1v) is 7.39. The second-order valence-electron chi connectivity index (χ2n) is 5.13. The Kier molecular flexibility index (Phi) is 4.66. The molecule has 0 aromatic carbocycles. The van der Waals surface area contributed by atoms with E-state index in [9.17, 15) is 0 Å². The topological polar surface area (TPSA) is 63.8 Å². The SMILES string of the molecule is Cc1csc([C@@H](C)NCc2noc(CC(C)C)n2)n1. The van der Waals surface area contributed by atoms with Gasteiger partial charge in [-0.2, -0.15) is 4.98 Å². The maximum absolute atomic E-state index is 5.20. The molecule has 0 bridgehead atoms. The van der Waals surface area contributed by atoms with E-state index in [4.69, 9.17) is 4.52 Å². The van der Waals surface area contributed by atoms with Crippen molar-refractivity contribution in [1.29, 1.82) is 0 Å². The molecule has 0 saturated heterocycles. The fourth-order valence-electron chi connectivity index (χ4n) is 1.70. The Hall–Kier alpha value is -1.27. The van der Waals surface area contributed by atoms with E-state index in [1.165, 1.54) is 0 Å². The first-order valence-electron chi connectivity index (χ1n) is 6.51. The minimum atomic E-state index is 0.200. The standard InChI is InChI=1S/C13H20N4OS/c1-8(2)5-12-16-11(17-18-12)6-14-10(4)13-15-9(3)7-19-13/h7-8,10,14H,5-6H2,1-4H3/t10-/m1/s1. The molecule has 0 amide bonds. The monoisotopic (exact) mass is 280 g/mol. The van der Waals surface area contributed by atoms with E-state index < -0.39 is 0 Å². The van der Waals surface area contributed by atoms with E-state index in [2.05, 4.69) is 46.6 Å². The number of aryl methyl sites for hydroxylation is 1. The summed E-state index contributed by atoms with van der Waals surface area (Å²) >= 11 is 1.67. The van der Waals surface area contributed by atoms with Crippen LogP contribution in [0.5, 0.6) is 0 Å². The van der Waals surface area contributed by atoms with Gasteiger partial charge in [0, 0.05) is 17.5 Å². The van der Waals surface area contributed by atoms with Crippen molar-refractivity contribution in [2.24, 2.45) is 5.92 Å². The summed E-state index contributed by atoms with van der Waals surface area (Å²) in [4.78, 5) is 8.82. The molecule has 6 heteroatoms. The Morgan fingerprint density at radius 1 is 1.32 bits per heavy atom. The molecule has 5 nitrogen and oxygen atoms in total. The van der Waals surface area contributed by atoms with Crippen LogP contribution in [0.4, 0.5) is 0 Å². The molecule has 0 aliphatic carbocycles. The predicted molar refractivity (Wildman–Crippen MR) is 74.9 cm³/mol. The lowest BCUT2D eigenvalue weighted by molar-refractivity contribution is 0.357. The summed E-state index contributed by atoms with van der Waals surface area (Å²) in [6.07, 6.45) is 0.828. The molecule has 0 saturated carbocycles. The van der Waals surface area contributed by atoms with Gasteiger partial charge in [0.15, 0.2) is 5.82 Å². The Morgan fingerprint density at radius 3 is 2.74 bits per heavy atom. The quantitative estimate of drug-likeness (QED) is 0.881. The maximum atomic E-state index is 5.20. The Morgan fingerprint density at radius 2 is 2.11 bits per heavy atom. The average Bonchev–Trinajstić information content (AvgIpc) is 2.94. The lowest BCUT2D eigenvalue weighted by atomic mass is 10.1. The van der Waals surface area contributed by atoms with Crippen molar-refractivity contribution >= 4 is 11.3 Å². The van der Waals surface area contributed by atoms with Gasteiger partial charge >= 0.3 is 0 Å². The van der Waals surface area contributed by atoms with Gasteiger partial charge in [0.05, 0.1) is 12.6 Å². The highest BCUT2D eigenvalue weighted by Gasteiger charge is 2.12. The van der Waals surface area contributed by atoms with Gasteiger partial charge in [-0.25, -0.2) is 4.98 Å². The molecule has 0 aliphatic heterocycles. The molecule has 1 N–H and O–H groups in total. The van der Waals surface area contributed by atoms with E-state index in [0.717, 1.165) is 17.1 Å². The summed E-state index contributed by atoms with van der Waals surface area (Å²) in [5.74, 6) is 1.94. The summed E-state index contributed by atoms with van der Waals surface area (Å²) < 4.78 is 5.20. The fourth-order valence-corrected chi connectivity index (χ4v) is 2.53. The predicted octanol–water partition coefficient (Wildman–Crippen LogP) is 2.88. The molecule has 2 rings (SSSR count). The molecular formula is C13H20N4OS. The van der Waals surface area contributed by atoms with Crippen molar-refractivity contribution in [2.75, 3.05) is 0 Å². The van der Waals surface area contributed by atoms with E-state index in [1.807, 2.05) is 6.92 Å². The third kappa shape index (κ3) is 4.11. The van der Waals surface area contributed by atoms with Crippen molar-refractivity contribution in [2.45, 2.75) is 46.7 Å². The maximum Gasteiger partial charge on any atom is 0.226 e. The number of aromatic nitrogens is 3. The van der Waals surface area contributed by atoms with E-state index >= 15 is 0 Å². The molecule has 2 aromatic heterocycles. The molecule has 19 heavy (non-hydrogen) atoms. The van der Waals surface area contributed by atoms with Gasteiger partial charge in [-0.3, -0.25) is 0 Å². The minimum Gasteiger partial charge on any atom is -0.339 e. The molecule has 0 aliphatic rings. The van der Waals surface area contributed by atoms with Gasteiger partial charge in [0.2, 0.25) is 5.89 Å². The molecule has 2 aromatic rings. The smallest absolute Gasteiger partial charge is 0.226 e. The van der Waals surface area contributed by atoms with Crippen LogP contribution in [-0.2, 0) is 13.0 Å². The Labute approximate surface area is 117 Å². The molecule has 2 heterocycles. The fraction of sp³-hybridized carbons (Fsp3) is 0.615. The number of thiazole rings is 1. The van der Waals surface area contributed by atoms with Crippen LogP contribution in [0.15, 0.2) is 9.90 Å². The third-order valence-electron chi connectivity index (χ3n) is 2.67. The van der Waals surface area contributed by atoms with Crippen LogP contribution in [0.1, 0.15) is 49.2 Å². The summed E-state index contributed by atoms with van der Waals surface area (Å²) in [5, 5.41) is 10.5. The van der Waals surface area contributed by atoms with E-state index in [-0.39, 0.29) is 6.04 Å². The molecule has 0 unspecified atom stereocenters. The molecule has 0 fully saturated rings. The summed E-state index contributed by atoms with van der Waals surface area (Å²) in [6, 6.07) is 0.200.